The summed E-state index contributed by atoms with van der Waals surface area (Å²) in [6.07, 6.45) is 5.28. The monoisotopic (exact) mass is 246 g/mol. The van der Waals surface area contributed by atoms with E-state index in [0.29, 0.717) is 12.3 Å². The third-order valence-corrected chi connectivity index (χ3v) is 2.84. The zero-order chi connectivity index (χ0) is 12.8. The van der Waals surface area contributed by atoms with Crippen LogP contribution in [0.5, 0.6) is 0 Å². The Bertz CT molecular complexity index is 437. The largest absolute Gasteiger partial charge is 0.399 e. The summed E-state index contributed by atoms with van der Waals surface area (Å²) < 4.78 is 5.31. The Morgan fingerprint density at radius 3 is 3.11 bits per heavy atom. The third kappa shape index (κ3) is 3.89. The smallest absolute Gasteiger partial charge is 0.244 e. The molecule has 96 valence electrons. The lowest BCUT2D eigenvalue weighted by Gasteiger charge is -2.22. The molecule has 0 spiro atoms. The number of nitrogen functional groups attached to an aromatic ring is 1. The number of carbonyl (C=O) groups is 1. The first-order valence-corrected chi connectivity index (χ1v) is 6.16. The van der Waals surface area contributed by atoms with Gasteiger partial charge in [-0.1, -0.05) is 12.1 Å². The van der Waals surface area contributed by atoms with Crippen molar-refractivity contribution in [2.75, 3.05) is 18.9 Å². The van der Waals surface area contributed by atoms with Crippen molar-refractivity contribution < 1.29 is 9.53 Å². The van der Waals surface area contributed by atoms with E-state index in [-0.39, 0.29) is 11.9 Å². The molecule has 1 aliphatic heterocycles. The Kier molecular flexibility index (Phi) is 4.36. The van der Waals surface area contributed by atoms with Gasteiger partial charge in [-0.25, -0.2) is 0 Å². The molecule has 0 saturated carbocycles. The van der Waals surface area contributed by atoms with Gasteiger partial charge in [0.25, 0.3) is 0 Å². The first kappa shape index (κ1) is 12.6. The SMILES string of the molecule is Nc1cccc(/C=C/C(=O)NC2CCCOC2)c1. The lowest BCUT2D eigenvalue weighted by molar-refractivity contribution is -0.118. The van der Waals surface area contributed by atoms with Gasteiger partial charge in [-0.3, -0.25) is 4.79 Å². The zero-order valence-corrected chi connectivity index (χ0v) is 10.3. The summed E-state index contributed by atoms with van der Waals surface area (Å²) in [6, 6.07) is 7.55. The van der Waals surface area contributed by atoms with E-state index < -0.39 is 0 Å². The maximum Gasteiger partial charge on any atom is 0.244 e. The molecule has 1 aliphatic rings. The highest BCUT2D eigenvalue weighted by atomic mass is 16.5. The fourth-order valence-electron chi connectivity index (χ4n) is 1.94. The number of carbonyl (C=O) groups excluding carboxylic acids is 1. The van der Waals surface area contributed by atoms with Gasteiger partial charge in [-0.05, 0) is 36.6 Å². The molecule has 3 N–H and O–H groups in total. The van der Waals surface area contributed by atoms with Gasteiger partial charge in [0, 0.05) is 18.4 Å². The quantitative estimate of drug-likeness (QED) is 0.628. The van der Waals surface area contributed by atoms with E-state index in [1.165, 1.54) is 6.08 Å². The molecule has 1 aromatic rings. The molecular formula is C14H18N2O2. The number of hydrogen-bond donors (Lipinski definition) is 2. The highest BCUT2D eigenvalue weighted by Crippen LogP contribution is 2.08. The molecule has 4 nitrogen and oxygen atoms in total. The van der Waals surface area contributed by atoms with Crippen LogP contribution in [0, 0.1) is 0 Å². The molecule has 1 aromatic carbocycles. The van der Waals surface area contributed by atoms with Crippen molar-refractivity contribution in [1.29, 1.82) is 0 Å². The van der Waals surface area contributed by atoms with Crippen LogP contribution in [0.2, 0.25) is 0 Å². The van der Waals surface area contributed by atoms with Crippen molar-refractivity contribution in [3.63, 3.8) is 0 Å². The summed E-state index contributed by atoms with van der Waals surface area (Å²) in [7, 11) is 0. The number of rotatable bonds is 3. The van der Waals surface area contributed by atoms with Crippen molar-refractivity contribution in [2.45, 2.75) is 18.9 Å². The van der Waals surface area contributed by atoms with Crippen molar-refractivity contribution >= 4 is 17.7 Å². The molecule has 1 fully saturated rings. The summed E-state index contributed by atoms with van der Waals surface area (Å²) in [5.74, 6) is -0.0899. The van der Waals surface area contributed by atoms with Crippen molar-refractivity contribution in [2.24, 2.45) is 0 Å². The van der Waals surface area contributed by atoms with Gasteiger partial charge in [0.2, 0.25) is 5.91 Å². The summed E-state index contributed by atoms with van der Waals surface area (Å²) in [6.45, 7) is 1.41. The number of amides is 1. The van der Waals surface area contributed by atoms with Gasteiger partial charge < -0.3 is 15.8 Å². The highest BCUT2D eigenvalue weighted by molar-refractivity contribution is 5.92. The van der Waals surface area contributed by atoms with Crippen LogP contribution in [-0.4, -0.2) is 25.2 Å². The molecule has 0 aliphatic carbocycles. The van der Waals surface area contributed by atoms with Crippen LogP contribution in [0.1, 0.15) is 18.4 Å². The second kappa shape index (κ2) is 6.21. The van der Waals surface area contributed by atoms with E-state index in [9.17, 15) is 4.79 Å². The van der Waals surface area contributed by atoms with E-state index in [0.717, 1.165) is 25.0 Å². The summed E-state index contributed by atoms with van der Waals surface area (Å²) in [5, 5.41) is 2.92. The Hall–Kier alpha value is -1.81. The topological polar surface area (TPSA) is 64.4 Å². The zero-order valence-electron chi connectivity index (χ0n) is 10.3. The number of benzene rings is 1. The second-order valence-corrected chi connectivity index (χ2v) is 4.43. The van der Waals surface area contributed by atoms with Gasteiger partial charge in [-0.15, -0.1) is 0 Å². The molecular weight excluding hydrogens is 228 g/mol. The van der Waals surface area contributed by atoms with Crippen LogP contribution in [0.3, 0.4) is 0 Å². The van der Waals surface area contributed by atoms with Crippen LogP contribution in [0.25, 0.3) is 6.08 Å². The maximum atomic E-state index is 11.7. The van der Waals surface area contributed by atoms with Gasteiger partial charge in [-0.2, -0.15) is 0 Å². The van der Waals surface area contributed by atoms with E-state index in [2.05, 4.69) is 5.32 Å². The number of nitrogens with one attached hydrogen (secondary N) is 1. The van der Waals surface area contributed by atoms with Crippen LogP contribution >= 0.6 is 0 Å². The number of nitrogens with two attached hydrogens (primary N) is 1. The van der Waals surface area contributed by atoms with Gasteiger partial charge in [0.05, 0.1) is 12.6 Å². The Morgan fingerprint density at radius 2 is 2.39 bits per heavy atom. The van der Waals surface area contributed by atoms with E-state index in [1.807, 2.05) is 24.3 Å². The minimum absolute atomic E-state index is 0.0899. The summed E-state index contributed by atoms with van der Waals surface area (Å²) in [4.78, 5) is 11.7. The van der Waals surface area contributed by atoms with Gasteiger partial charge >= 0.3 is 0 Å². The molecule has 2 rings (SSSR count). The normalized spacial score (nSPS) is 19.9. The van der Waals surface area contributed by atoms with Crippen LogP contribution in [-0.2, 0) is 9.53 Å². The van der Waals surface area contributed by atoms with Crippen LogP contribution < -0.4 is 11.1 Å². The standard InChI is InChI=1S/C14H18N2O2/c15-12-4-1-3-11(9-12)6-7-14(17)16-13-5-2-8-18-10-13/h1,3-4,6-7,9,13H,2,5,8,10,15H2,(H,16,17)/b7-6+. The highest BCUT2D eigenvalue weighted by Gasteiger charge is 2.14. The molecule has 1 unspecified atom stereocenters. The fraction of sp³-hybridized carbons (Fsp3) is 0.357. The van der Waals surface area contributed by atoms with Crippen LogP contribution in [0.4, 0.5) is 5.69 Å². The fourth-order valence-corrected chi connectivity index (χ4v) is 1.94. The van der Waals surface area contributed by atoms with Crippen LogP contribution in [0.15, 0.2) is 30.3 Å². The number of anilines is 1. The van der Waals surface area contributed by atoms with Crippen molar-refractivity contribution in [3.8, 4) is 0 Å². The lowest BCUT2D eigenvalue weighted by Crippen LogP contribution is -2.39. The Balaban J connectivity index is 1.86. The Labute approximate surface area is 107 Å². The molecule has 0 aromatic heterocycles. The molecule has 1 saturated heterocycles. The minimum Gasteiger partial charge on any atom is -0.399 e. The predicted octanol–water partition coefficient (Wildman–Crippen LogP) is 1.58. The minimum atomic E-state index is -0.0899. The van der Waals surface area contributed by atoms with Gasteiger partial charge in [0.1, 0.15) is 0 Å². The predicted molar refractivity (Wildman–Crippen MR) is 71.9 cm³/mol. The molecule has 1 amide bonds. The molecule has 18 heavy (non-hydrogen) atoms. The first-order valence-electron chi connectivity index (χ1n) is 6.16. The summed E-state index contributed by atoms with van der Waals surface area (Å²) in [5.41, 5.74) is 7.28. The maximum absolute atomic E-state index is 11.7. The van der Waals surface area contributed by atoms with Crippen molar-refractivity contribution in [1.82, 2.24) is 5.32 Å². The number of ether oxygens (including phenoxy) is 1. The first-order chi connectivity index (χ1) is 8.74. The third-order valence-electron chi connectivity index (χ3n) is 2.84. The van der Waals surface area contributed by atoms with Crippen molar-refractivity contribution in [3.05, 3.63) is 35.9 Å². The molecule has 4 heteroatoms. The average Bonchev–Trinajstić information content (AvgIpc) is 2.38. The molecule has 0 radical (unpaired) electrons. The lowest BCUT2D eigenvalue weighted by atomic mass is 10.1. The Morgan fingerprint density at radius 1 is 1.50 bits per heavy atom. The van der Waals surface area contributed by atoms with E-state index in [1.54, 1.807) is 6.08 Å². The average molecular weight is 246 g/mol. The second-order valence-electron chi connectivity index (χ2n) is 4.43. The molecule has 0 bridgehead atoms. The van der Waals surface area contributed by atoms with E-state index >= 15 is 0 Å². The van der Waals surface area contributed by atoms with Gasteiger partial charge in [0.15, 0.2) is 0 Å². The number of hydrogen-bond acceptors (Lipinski definition) is 3. The van der Waals surface area contributed by atoms with E-state index in [4.69, 9.17) is 10.5 Å². The molecule has 1 heterocycles. The summed E-state index contributed by atoms with van der Waals surface area (Å²) >= 11 is 0. The molecule has 1 atom stereocenters.